The van der Waals surface area contributed by atoms with Crippen LogP contribution in [0.5, 0.6) is 11.5 Å². The van der Waals surface area contributed by atoms with E-state index in [1.54, 1.807) is 36.4 Å². The Bertz CT molecular complexity index is 1300. The number of methoxy groups -OCH3 is 1. The third-order valence-electron chi connectivity index (χ3n) is 5.73. The summed E-state index contributed by atoms with van der Waals surface area (Å²) < 4.78 is 5.20. The third kappa shape index (κ3) is 3.94. The van der Waals surface area contributed by atoms with E-state index < -0.39 is 17.7 Å². The van der Waals surface area contributed by atoms with Crippen molar-refractivity contribution in [2.24, 2.45) is 0 Å². The van der Waals surface area contributed by atoms with Gasteiger partial charge in [-0.05, 0) is 67.4 Å². The van der Waals surface area contributed by atoms with E-state index in [0.717, 1.165) is 11.1 Å². The molecule has 33 heavy (non-hydrogen) atoms. The molecule has 1 atom stereocenters. The lowest BCUT2D eigenvalue weighted by Gasteiger charge is -2.26. The molecule has 3 aromatic rings. The number of rotatable bonds is 4. The first-order chi connectivity index (χ1) is 15.7. The summed E-state index contributed by atoms with van der Waals surface area (Å²) in [7, 11) is 1.53. The van der Waals surface area contributed by atoms with Crippen molar-refractivity contribution in [2.45, 2.75) is 19.9 Å². The number of amides is 1. The predicted molar refractivity (Wildman–Crippen MR) is 127 cm³/mol. The van der Waals surface area contributed by atoms with E-state index in [9.17, 15) is 19.8 Å². The Morgan fingerprint density at radius 1 is 1.00 bits per heavy atom. The number of anilines is 1. The number of phenolic OH excluding ortho intramolecular Hbond substituents is 1. The summed E-state index contributed by atoms with van der Waals surface area (Å²) in [6, 6.07) is 15.7. The number of nitrogens with zero attached hydrogens (tertiary/aromatic N) is 1. The number of hydrogen-bond donors (Lipinski definition) is 2. The lowest BCUT2D eigenvalue weighted by atomic mass is 9.93. The van der Waals surface area contributed by atoms with Crippen LogP contribution in [0.2, 0.25) is 5.02 Å². The van der Waals surface area contributed by atoms with Crippen molar-refractivity contribution >= 4 is 34.7 Å². The summed E-state index contributed by atoms with van der Waals surface area (Å²) >= 11 is 6.16. The molecular formula is C26H22ClNO5. The van der Waals surface area contributed by atoms with Crippen molar-refractivity contribution in [2.75, 3.05) is 12.0 Å². The number of ketones is 1. The number of carbonyl (C=O) groups is 2. The van der Waals surface area contributed by atoms with Gasteiger partial charge in [0.25, 0.3) is 11.7 Å². The van der Waals surface area contributed by atoms with Gasteiger partial charge in [-0.1, -0.05) is 35.4 Å². The summed E-state index contributed by atoms with van der Waals surface area (Å²) in [4.78, 5) is 27.8. The highest BCUT2D eigenvalue weighted by Crippen LogP contribution is 2.44. The number of halogens is 1. The Labute approximate surface area is 196 Å². The van der Waals surface area contributed by atoms with Gasteiger partial charge in [-0.3, -0.25) is 14.5 Å². The largest absolute Gasteiger partial charge is 0.507 e. The third-order valence-corrected chi connectivity index (χ3v) is 6.03. The second kappa shape index (κ2) is 8.64. The number of carbonyl (C=O) groups excluding carboxylic acids is 2. The summed E-state index contributed by atoms with van der Waals surface area (Å²) in [6.07, 6.45) is 0. The Hall–Kier alpha value is -3.77. The van der Waals surface area contributed by atoms with E-state index in [0.29, 0.717) is 22.6 Å². The summed E-state index contributed by atoms with van der Waals surface area (Å²) in [5.74, 6) is -1.38. The molecule has 0 radical (unpaired) electrons. The minimum Gasteiger partial charge on any atom is -0.507 e. The molecule has 0 aliphatic carbocycles. The molecule has 6 nitrogen and oxygen atoms in total. The second-order valence-electron chi connectivity index (χ2n) is 7.90. The van der Waals surface area contributed by atoms with Crippen molar-refractivity contribution in [3.8, 4) is 11.5 Å². The maximum Gasteiger partial charge on any atom is 0.300 e. The number of aryl methyl sites for hydroxylation is 2. The average molecular weight is 464 g/mol. The van der Waals surface area contributed by atoms with Crippen LogP contribution in [0.25, 0.3) is 5.76 Å². The Morgan fingerprint density at radius 3 is 2.33 bits per heavy atom. The van der Waals surface area contributed by atoms with E-state index in [-0.39, 0.29) is 22.1 Å². The van der Waals surface area contributed by atoms with Crippen LogP contribution in [0.3, 0.4) is 0 Å². The van der Waals surface area contributed by atoms with E-state index in [1.165, 1.54) is 24.1 Å². The number of aliphatic hydroxyl groups excluding tert-OH is 1. The molecule has 4 rings (SSSR count). The molecule has 3 aromatic carbocycles. The summed E-state index contributed by atoms with van der Waals surface area (Å²) in [5, 5.41) is 21.3. The fraction of sp³-hybridized carbons (Fsp3) is 0.154. The van der Waals surface area contributed by atoms with Crippen molar-refractivity contribution in [1.82, 2.24) is 0 Å². The number of aliphatic hydroxyl groups is 1. The minimum absolute atomic E-state index is 0.0497. The molecule has 1 unspecified atom stereocenters. The fourth-order valence-corrected chi connectivity index (χ4v) is 4.18. The van der Waals surface area contributed by atoms with Crippen molar-refractivity contribution < 1.29 is 24.5 Å². The number of phenols is 1. The molecule has 0 bridgehead atoms. The quantitative estimate of drug-likeness (QED) is 0.311. The first-order valence-corrected chi connectivity index (χ1v) is 10.6. The molecule has 0 spiro atoms. The van der Waals surface area contributed by atoms with Crippen LogP contribution in [0.1, 0.15) is 28.3 Å². The lowest BCUT2D eigenvalue weighted by molar-refractivity contribution is -0.132. The van der Waals surface area contributed by atoms with Crippen LogP contribution in [-0.4, -0.2) is 29.0 Å². The molecule has 168 valence electrons. The standard InChI is InChI=1S/C26H22ClNO5/c1-14-4-5-15(2)19(12-14)24(30)22-23(16-6-11-21(29)20(27)13-16)28(26(32)25(22)31)17-7-9-18(33-3)10-8-17/h4-13,23,29-30H,1-3H3/b24-22+. The van der Waals surface area contributed by atoms with E-state index in [4.69, 9.17) is 16.3 Å². The predicted octanol–water partition coefficient (Wildman–Crippen LogP) is 5.30. The number of benzene rings is 3. The van der Waals surface area contributed by atoms with Crippen molar-refractivity contribution in [3.63, 3.8) is 0 Å². The number of Topliss-reactive ketones (excluding diaryl/α,β-unsaturated/α-hetero) is 1. The average Bonchev–Trinajstić information content (AvgIpc) is 3.07. The SMILES string of the molecule is COc1ccc(N2C(=O)C(=O)/C(=C(/O)c3cc(C)ccc3C)C2c2ccc(O)c(Cl)c2)cc1. The number of hydrogen-bond acceptors (Lipinski definition) is 5. The highest BCUT2D eigenvalue weighted by molar-refractivity contribution is 6.51. The van der Waals surface area contributed by atoms with Gasteiger partial charge in [-0.2, -0.15) is 0 Å². The zero-order valence-electron chi connectivity index (χ0n) is 18.3. The van der Waals surface area contributed by atoms with Crippen LogP contribution in [0, 0.1) is 13.8 Å². The van der Waals surface area contributed by atoms with Gasteiger partial charge >= 0.3 is 0 Å². The van der Waals surface area contributed by atoms with Gasteiger partial charge in [-0.15, -0.1) is 0 Å². The van der Waals surface area contributed by atoms with Gasteiger partial charge in [0.05, 0.1) is 23.7 Å². The Balaban J connectivity index is 1.97. The molecule has 1 heterocycles. The maximum atomic E-state index is 13.2. The number of ether oxygens (including phenoxy) is 1. The first-order valence-electron chi connectivity index (χ1n) is 10.2. The molecule has 2 N–H and O–H groups in total. The van der Waals surface area contributed by atoms with Crippen LogP contribution in [-0.2, 0) is 9.59 Å². The van der Waals surface area contributed by atoms with Crippen LogP contribution < -0.4 is 9.64 Å². The maximum absolute atomic E-state index is 13.2. The molecule has 0 saturated carbocycles. The van der Waals surface area contributed by atoms with E-state index >= 15 is 0 Å². The van der Waals surface area contributed by atoms with Gasteiger partial charge < -0.3 is 14.9 Å². The van der Waals surface area contributed by atoms with Gasteiger partial charge in [0, 0.05) is 11.3 Å². The fourth-order valence-electron chi connectivity index (χ4n) is 3.99. The minimum atomic E-state index is -0.948. The molecule has 0 aromatic heterocycles. The van der Waals surface area contributed by atoms with Crippen LogP contribution in [0.4, 0.5) is 5.69 Å². The zero-order valence-corrected chi connectivity index (χ0v) is 19.1. The molecule has 1 amide bonds. The normalized spacial score (nSPS) is 17.5. The smallest absolute Gasteiger partial charge is 0.300 e. The molecule has 1 fully saturated rings. The molecular weight excluding hydrogens is 442 g/mol. The summed E-state index contributed by atoms with van der Waals surface area (Å²) in [5.41, 5.74) is 3.00. The highest BCUT2D eigenvalue weighted by atomic mass is 35.5. The second-order valence-corrected chi connectivity index (χ2v) is 8.30. The van der Waals surface area contributed by atoms with Crippen LogP contribution in [0.15, 0.2) is 66.2 Å². The van der Waals surface area contributed by atoms with E-state index in [2.05, 4.69) is 0 Å². The van der Waals surface area contributed by atoms with Crippen molar-refractivity contribution in [3.05, 3.63) is 93.5 Å². The Kier molecular flexibility index (Phi) is 5.87. The van der Waals surface area contributed by atoms with Gasteiger partial charge in [0.1, 0.15) is 17.3 Å². The molecule has 1 saturated heterocycles. The van der Waals surface area contributed by atoms with Gasteiger partial charge in [0.2, 0.25) is 0 Å². The lowest BCUT2D eigenvalue weighted by Crippen LogP contribution is -2.29. The highest BCUT2D eigenvalue weighted by Gasteiger charge is 2.47. The monoisotopic (exact) mass is 463 g/mol. The first kappa shape index (κ1) is 22.4. The van der Waals surface area contributed by atoms with Gasteiger partial charge in [0.15, 0.2) is 0 Å². The summed E-state index contributed by atoms with van der Waals surface area (Å²) in [6.45, 7) is 3.70. The molecule has 1 aliphatic heterocycles. The number of aromatic hydroxyl groups is 1. The van der Waals surface area contributed by atoms with E-state index in [1.807, 2.05) is 26.0 Å². The molecule has 1 aliphatic rings. The topological polar surface area (TPSA) is 87.1 Å². The van der Waals surface area contributed by atoms with Crippen molar-refractivity contribution in [1.29, 1.82) is 0 Å². The zero-order chi connectivity index (χ0) is 23.9. The Morgan fingerprint density at radius 2 is 1.70 bits per heavy atom. The van der Waals surface area contributed by atoms with Gasteiger partial charge in [-0.25, -0.2) is 0 Å². The van der Waals surface area contributed by atoms with Crippen LogP contribution >= 0.6 is 11.6 Å². The molecule has 7 heteroatoms.